The number of rotatable bonds is 2. The van der Waals surface area contributed by atoms with E-state index < -0.39 is 7.94 Å². The van der Waals surface area contributed by atoms with Gasteiger partial charge in [-0.1, -0.05) is 32.9 Å². The van der Waals surface area contributed by atoms with Crippen LogP contribution in [0.5, 0.6) is 5.75 Å². The fourth-order valence-electron chi connectivity index (χ4n) is 2.02. The zero-order valence-electron chi connectivity index (χ0n) is 12.0. The van der Waals surface area contributed by atoms with Crippen LogP contribution in [0.25, 0.3) is 0 Å². The molecular weight excluding hydrogens is 259 g/mol. The molecular formula is C15H21O3P. The van der Waals surface area contributed by atoms with E-state index in [-0.39, 0.29) is 5.41 Å². The van der Waals surface area contributed by atoms with Gasteiger partial charge in [-0.05, 0) is 36.5 Å². The molecule has 19 heavy (non-hydrogen) atoms. The van der Waals surface area contributed by atoms with E-state index in [0.717, 1.165) is 12.0 Å². The summed E-state index contributed by atoms with van der Waals surface area (Å²) in [6.45, 7) is 8.70. The van der Waals surface area contributed by atoms with Crippen LogP contribution in [0.1, 0.15) is 38.8 Å². The molecule has 0 saturated heterocycles. The highest BCUT2D eigenvalue weighted by Crippen LogP contribution is 2.55. The second-order valence-electron chi connectivity index (χ2n) is 5.71. The Morgan fingerprint density at radius 2 is 2.11 bits per heavy atom. The Kier molecular flexibility index (Phi) is 4.00. The number of fused-ring (bicyclic) bond motifs is 1. The van der Waals surface area contributed by atoms with Crippen molar-refractivity contribution in [1.82, 2.24) is 0 Å². The van der Waals surface area contributed by atoms with Crippen molar-refractivity contribution in [2.75, 3.05) is 6.61 Å². The highest BCUT2D eigenvalue weighted by molar-refractivity contribution is 7.62. The Morgan fingerprint density at radius 3 is 2.74 bits per heavy atom. The second kappa shape index (κ2) is 5.24. The summed E-state index contributed by atoms with van der Waals surface area (Å²) in [6.07, 6.45) is 2.59. The molecule has 0 saturated carbocycles. The summed E-state index contributed by atoms with van der Waals surface area (Å²) >= 11 is 0. The second-order valence-corrected chi connectivity index (χ2v) is 7.53. The maximum atomic E-state index is 12.4. The van der Waals surface area contributed by atoms with Crippen molar-refractivity contribution in [3.05, 3.63) is 41.2 Å². The predicted molar refractivity (Wildman–Crippen MR) is 77.2 cm³/mol. The van der Waals surface area contributed by atoms with Gasteiger partial charge >= 0.3 is 7.94 Å². The third-order valence-corrected chi connectivity index (χ3v) is 4.73. The first-order chi connectivity index (χ1) is 8.84. The highest BCUT2D eigenvalue weighted by Gasteiger charge is 2.31. The molecule has 1 unspecified atom stereocenters. The van der Waals surface area contributed by atoms with Gasteiger partial charge in [-0.25, -0.2) is 0 Å². The molecule has 104 valence electrons. The maximum Gasteiger partial charge on any atom is 0.310 e. The monoisotopic (exact) mass is 280 g/mol. The van der Waals surface area contributed by atoms with Gasteiger partial charge in [0.15, 0.2) is 5.75 Å². The molecule has 4 heteroatoms. The van der Waals surface area contributed by atoms with E-state index in [2.05, 4.69) is 26.8 Å². The molecule has 1 atom stereocenters. The molecule has 0 bridgehead atoms. The van der Waals surface area contributed by atoms with Crippen LogP contribution >= 0.6 is 7.94 Å². The van der Waals surface area contributed by atoms with Gasteiger partial charge in [0.1, 0.15) is 5.82 Å². The minimum atomic E-state index is -3.13. The molecule has 2 rings (SSSR count). The average Bonchev–Trinajstić information content (AvgIpc) is 2.45. The number of hydrogen-bond donors (Lipinski definition) is 0. The van der Waals surface area contributed by atoms with Crippen LogP contribution in [0.4, 0.5) is 0 Å². The van der Waals surface area contributed by atoms with Crippen molar-refractivity contribution in [2.45, 2.75) is 39.5 Å². The minimum absolute atomic E-state index is 0.0919. The molecule has 3 nitrogen and oxygen atoms in total. The summed E-state index contributed by atoms with van der Waals surface area (Å²) in [5.74, 6) is 2.22. The summed E-state index contributed by atoms with van der Waals surface area (Å²) < 4.78 is 10.9. The Labute approximate surface area is 115 Å². The average molecular weight is 280 g/mol. The zero-order chi connectivity index (χ0) is 14.1. The summed E-state index contributed by atoms with van der Waals surface area (Å²) in [7, 11) is -3.13. The number of benzene rings is 1. The molecule has 0 amide bonds. The van der Waals surface area contributed by atoms with Crippen molar-refractivity contribution in [3.63, 3.8) is 0 Å². The first-order valence-corrected chi connectivity index (χ1v) is 8.20. The third kappa shape index (κ3) is 3.36. The Bertz CT molecular complexity index is 491. The normalized spacial score (nSPS) is 22.6. The Hall–Kier alpha value is -0.890. The predicted octanol–water partition coefficient (Wildman–Crippen LogP) is 3.59. The molecule has 1 aliphatic heterocycles. The van der Waals surface area contributed by atoms with Crippen LogP contribution in [-0.4, -0.2) is 6.61 Å². The smallest absolute Gasteiger partial charge is 0.310 e. The highest BCUT2D eigenvalue weighted by atomic mass is 31.2. The van der Waals surface area contributed by atoms with Crippen LogP contribution in [0, 0.1) is 0 Å². The molecule has 1 aliphatic rings. The van der Waals surface area contributed by atoms with Crippen LogP contribution in [0.3, 0.4) is 0 Å². The molecule has 0 aromatic heterocycles. The van der Waals surface area contributed by atoms with E-state index >= 15 is 0 Å². The summed E-state index contributed by atoms with van der Waals surface area (Å²) in [5, 5.41) is 0. The fourth-order valence-corrected chi connectivity index (χ4v) is 3.40. The largest absolute Gasteiger partial charge is 0.620 e. The van der Waals surface area contributed by atoms with E-state index in [0.29, 0.717) is 12.4 Å². The lowest BCUT2D eigenvalue weighted by molar-refractivity contribution is -0.206. The molecule has 1 aromatic rings. The van der Waals surface area contributed by atoms with E-state index in [1.807, 2.05) is 25.1 Å². The van der Waals surface area contributed by atoms with Crippen molar-refractivity contribution in [1.29, 1.82) is 0 Å². The summed E-state index contributed by atoms with van der Waals surface area (Å²) in [6, 6.07) is 6.05. The lowest BCUT2D eigenvalue weighted by atomic mass is 9.86. The van der Waals surface area contributed by atoms with Crippen LogP contribution < -0.4 is 9.42 Å². The molecule has 0 N–H and O–H groups in total. The number of hydrogen-bond acceptors (Lipinski definition) is 3. The molecule has 0 spiro atoms. The van der Waals surface area contributed by atoms with Gasteiger partial charge in [-0.3, -0.25) is 0 Å². The van der Waals surface area contributed by atoms with E-state index in [1.54, 1.807) is 5.82 Å². The number of allylic oxidation sites excluding steroid dienone is 1. The molecule has 0 fully saturated rings. The SMILES string of the molecule is CCO[P+]1([O-])C=CCc2cc(C(C)(C)C)ccc2O1. The van der Waals surface area contributed by atoms with Crippen molar-refractivity contribution in [3.8, 4) is 5.75 Å². The van der Waals surface area contributed by atoms with Crippen LogP contribution in [-0.2, 0) is 16.4 Å². The van der Waals surface area contributed by atoms with Crippen molar-refractivity contribution >= 4 is 7.94 Å². The lowest BCUT2D eigenvalue weighted by Crippen LogP contribution is -2.16. The van der Waals surface area contributed by atoms with Gasteiger partial charge in [0.2, 0.25) is 0 Å². The van der Waals surface area contributed by atoms with Crippen molar-refractivity contribution < 1.29 is 13.9 Å². The van der Waals surface area contributed by atoms with Gasteiger partial charge in [-0.2, -0.15) is 4.52 Å². The Balaban J connectivity index is 2.35. The third-order valence-electron chi connectivity index (χ3n) is 3.09. The fraction of sp³-hybridized carbons (Fsp3) is 0.467. The zero-order valence-corrected chi connectivity index (χ0v) is 12.9. The topological polar surface area (TPSA) is 41.5 Å². The van der Waals surface area contributed by atoms with Crippen molar-refractivity contribution in [2.24, 2.45) is 0 Å². The first kappa shape index (κ1) is 14.5. The van der Waals surface area contributed by atoms with Gasteiger partial charge < -0.3 is 9.42 Å². The van der Waals surface area contributed by atoms with Crippen LogP contribution in [0.15, 0.2) is 30.1 Å². The Morgan fingerprint density at radius 1 is 1.37 bits per heavy atom. The molecule has 1 heterocycles. The van der Waals surface area contributed by atoms with Gasteiger partial charge in [0.25, 0.3) is 0 Å². The van der Waals surface area contributed by atoms with E-state index in [4.69, 9.17) is 9.05 Å². The molecule has 0 aliphatic carbocycles. The van der Waals surface area contributed by atoms with Crippen LogP contribution in [0.2, 0.25) is 0 Å². The maximum absolute atomic E-state index is 12.4. The molecule has 1 aromatic carbocycles. The van der Waals surface area contributed by atoms with Gasteiger partial charge in [0, 0.05) is 5.56 Å². The summed E-state index contributed by atoms with van der Waals surface area (Å²) in [4.78, 5) is 12.4. The van der Waals surface area contributed by atoms with Gasteiger partial charge in [0.05, 0.1) is 6.61 Å². The van der Waals surface area contributed by atoms with E-state index in [9.17, 15) is 4.89 Å². The standard InChI is InChI=1S/C15H21O3P/c1-5-17-19(16)10-6-7-12-11-13(15(2,3)4)8-9-14(12)18-19/h6,8-11H,5,7H2,1-4H3. The molecule has 0 radical (unpaired) electrons. The summed E-state index contributed by atoms with van der Waals surface area (Å²) in [5.41, 5.74) is 2.40. The van der Waals surface area contributed by atoms with E-state index in [1.165, 1.54) is 5.56 Å². The first-order valence-electron chi connectivity index (χ1n) is 6.59. The minimum Gasteiger partial charge on any atom is -0.620 e. The lowest BCUT2D eigenvalue weighted by Gasteiger charge is -2.24. The quantitative estimate of drug-likeness (QED) is 0.777. The van der Waals surface area contributed by atoms with Gasteiger partial charge in [-0.15, -0.1) is 0 Å².